The highest BCUT2D eigenvalue weighted by molar-refractivity contribution is 5.79. The van der Waals surface area contributed by atoms with Crippen molar-refractivity contribution in [1.29, 1.82) is 0 Å². The topological polar surface area (TPSA) is 75.4 Å². The average molecular weight is 260 g/mol. The standard InChI is InChI=1S/C14H16N2O3/c1-9-12(10(2)19-16-9)8-15-14(18)7-11-5-3-4-6-13(11)17/h3-6,17H,7-8H2,1-2H3,(H,15,18). The van der Waals surface area contributed by atoms with Gasteiger partial charge in [-0.3, -0.25) is 4.79 Å². The molecule has 1 aromatic carbocycles. The highest BCUT2D eigenvalue weighted by atomic mass is 16.5. The third kappa shape index (κ3) is 3.13. The molecule has 2 N–H and O–H groups in total. The molecule has 2 rings (SSSR count). The van der Waals surface area contributed by atoms with E-state index in [1.54, 1.807) is 24.3 Å². The molecule has 0 bridgehead atoms. The van der Waals surface area contributed by atoms with E-state index in [0.717, 1.165) is 11.3 Å². The SMILES string of the molecule is Cc1noc(C)c1CNC(=O)Cc1ccccc1O. The molecule has 0 saturated heterocycles. The van der Waals surface area contributed by atoms with Crippen molar-refractivity contribution in [1.82, 2.24) is 10.5 Å². The monoisotopic (exact) mass is 260 g/mol. The number of aromatic nitrogens is 1. The minimum atomic E-state index is -0.151. The van der Waals surface area contributed by atoms with E-state index in [0.29, 0.717) is 17.9 Å². The molecule has 5 heteroatoms. The van der Waals surface area contributed by atoms with Crippen molar-refractivity contribution in [3.05, 3.63) is 46.8 Å². The zero-order valence-corrected chi connectivity index (χ0v) is 10.9. The molecule has 0 aliphatic heterocycles. The van der Waals surface area contributed by atoms with Gasteiger partial charge in [-0.15, -0.1) is 0 Å². The summed E-state index contributed by atoms with van der Waals surface area (Å²) in [7, 11) is 0. The fourth-order valence-electron chi connectivity index (χ4n) is 1.84. The first-order chi connectivity index (χ1) is 9.08. The molecule has 0 atom stereocenters. The van der Waals surface area contributed by atoms with Gasteiger partial charge in [-0.2, -0.15) is 0 Å². The Morgan fingerprint density at radius 3 is 2.74 bits per heavy atom. The number of aromatic hydroxyl groups is 1. The third-order valence-electron chi connectivity index (χ3n) is 2.99. The van der Waals surface area contributed by atoms with E-state index in [1.807, 2.05) is 13.8 Å². The number of rotatable bonds is 4. The van der Waals surface area contributed by atoms with Crippen molar-refractivity contribution < 1.29 is 14.4 Å². The van der Waals surface area contributed by atoms with E-state index in [9.17, 15) is 9.90 Å². The van der Waals surface area contributed by atoms with Crippen LogP contribution >= 0.6 is 0 Å². The second-order valence-electron chi connectivity index (χ2n) is 4.38. The number of hydrogen-bond donors (Lipinski definition) is 2. The molecule has 0 aliphatic carbocycles. The van der Waals surface area contributed by atoms with Crippen LogP contribution in [-0.4, -0.2) is 16.2 Å². The van der Waals surface area contributed by atoms with Gasteiger partial charge in [0, 0.05) is 17.7 Å². The van der Waals surface area contributed by atoms with Crippen LogP contribution in [0.15, 0.2) is 28.8 Å². The van der Waals surface area contributed by atoms with Gasteiger partial charge in [0.05, 0.1) is 12.1 Å². The van der Waals surface area contributed by atoms with Gasteiger partial charge in [0.15, 0.2) is 0 Å². The molecule has 0 radical (unpaired) electrons. The molecule has 0 aliphatic rings. The zero-order chi connectivity index (χ0) is 13.8. The van der Waals surface area contributed by atoms with Crippen molar-refractivity contribution in [2.75, 3.05) is 0 Å². The Kier molecular flexibility index (Phi) is 3.85. The van der Waals surface area contributed by atoms with Crippen LogP contribution in [0.4, 0.5) is 0 Å². The molecule has 0 fully saturated rings. The van der Waals surface area contributed by atoms with E-state index in [2.05, 4.69) is 10.5 Å². The maximum atomic E-state index is 11.8. The van der Waals surface area contributed by atoms with E-state index < -0.39 is 0 Å². The first kappa shape index (κ1) is 13.1. The number of para-hydroxylation sites is 1. The Hall–Kier alpha value is -2.30. The van der Waals surface area contributed by atoms with Crippen molar-refractivity contribution >= 4 is 5.91 Å². The molecule has 1 amide bonds. The van der Waals surface area contributed by atoms with Gasteiger partial charge in [-0.05, 0) is 19.9 Å². The molecule has 0 saturated carbocycles. The largest absolute Gasteiger partial charge is 0.508 e. The summed E-state index contributed by atoms with van der Waals surface area (Å²) in [5.74, 6) is 0.692. The molecule has 19 heavy (non-hydrogen) atoms. The summed E-state index contributed by atoms with van der Waals surface area (Å²) in [4.78, 5) is 11.8. The quantitative estimate of drug-likeness (QED) is 0.879. The van der Waals surface area contributed by atoms with Crippen molar-refractivity contribution in [3.63, 3.8) is 0 Å². The average Bonchev–Trinajstić information content (AvgIpc) is 2.70. The van der Waals surface area contributed by atoms with Gasteiger partial charge in [-0.25, -0.2) is 0 Å². The molecule has 0 unspecified atom stereocenters. The van der Waals surface area contributed by atoms with Crippen molar-refractivity contribution in [2.45, 2.75) is 26.8 Å². The Bertz CT molecular complexity index is 571. The number of carbonyl (C=O) groups is 1. The van der Waals surface area contributed by atoms with Gasteiger partial charge < -0.3 is 14.9 Å². The van der Waals surface area contributed by atoms with Crippen molar-refractivity contribution in [3.8, 4) is 5.75 Å². The highest BCUT2D eigenvalue weighted by Crippen LogP contribution is 2.16. The number of aryl methyl sites for hydroxylation is 2. The summed E-state index contributed by atoms with van der Waals surface area (Å²) >= 11 is 0. The lowest BCUT2D eigenvalue weighted by atomic mass is 10.1. The zero-order valence-electron chi connectivity index (χ0n) is 10.9. The molecule has 1 heterocycles. The van der Waals surface area contributed by atoms with Gasteiger partial charge in [-0.1, -0.05) is 23.4 Å². The van der Waals surface area contributed by atoms with E-state index in [-0.39, 0.29) is 18.1 Å². The van der Waals surface area contributed by atoms with Crippen LogP contribution < -0.4 is 5.32 Å². The maximum Gasteiger partial charge on any atom is 0.224 e. The van der Waals surface area contributed by atoms with Crippen LogP contribution in [-0.2, 0) is 17.8 Å². The third-order valence-corrected chi connectivity index (χ3v) is 2.99. The predicted octanol–water partition coefficient (Wildman–Crippen LogP) is 1.86. The Morgan fingerprint density at radius 1 is 1.37 bits per heavy atom. The van der Waals surface area contributed by atoms with Gasteiger partial charge in [0.25, 0.3) is 0 Å². The van der Waals surface area contributed by atoms with Crippen LogP contribution in [0.25, 0.3) is 0 Å². The van der Waals surface area contributed by atoms with Gasteiger partial charge in [0.2, 0.25) is 5.91 Å². The molecule has 100 valence electrons. The lowest BCUT2D eigenvalue weighted by Gasteiger charge is -2.06. The fraction of sp³-hybridized carbons (Fsp3) is 0.286. The number of benzene rings is 1. The van der Waals surface area contributed by atoms with E-state index in [4.69, 9.17) is 4.52 Å². The number of hydrogen-bond acceptors (Lipinski definition) is 4. The molecule has 1 aromatic heterocycles. The minimum absolute atomic E-state index is 0.134. The molecular weight excluding hydrogens is 244 g/mol. The number of nitrogens with one attached hydrogen (secondary N) is 1. The summed E-state index contributed by atoms with van der Waals surface area (Å²) in [6.07, 6.45) is 0.149. The molecule has 2 aromatic rings. The number of phenols is 1. The fourth-order valence-corrected chi connectivity index (χ4v) is 1.84. The Morgan fingerprint density at radius 2 is 2.11 bits per heavy atom. The highest BCUT2D eigenvalue weighted by Gasteiger charge is 2.11. The Balaban J connectivity index is 1.94. The smallest absolute Gasteiger partial charge is 0.224 e. The number of nitrogens with zero attached hydrogens (tertiary/aromatic N) is 1. The normalized spacial score (nSPS) is 10.4. The lowest BCUT2D eigenvalue weighted by molar-refractivity contribution is -0.120. The van der Waals surface area contributed by atoms with Crippen LogP contribution in [0.3, 0.4) is 0 Å². The summed E-state index contributed by atoms with van der Waals surface area (Å²) in [6, 6.07) is 6.80. The summed E-state index contributed by atoms with van der Waals surface area (Å²) in [5.41, 5.74) is 2.28. The second kappa shape index (κ2) is 5.56. The number of carbonyl (C=O) groups excluding carboxylic acids is 1. The summed E-state index contributed by atoms with van der Waals surface area (Å²) in [5, 5.41) is 16.2. The summed E-state index contributed by atoms with van der Waals surface area (Å²) in [6.45, 7) is 4.03. The van der Waals surface area contributed by atoms with Crippen LogP contribution in [0.1, 0.15) is 22.6 Å². The van der Waals surface area contributed by atoms with Crippen LogP contribution in [0.5, 0.6) is 5.75 Å². The second-order valence-corrected chi connectivity index (χ2v) is 4.38. The minimum Gasteiger partial charge on any atom is -0.508 e. The maximum absolute atomic E-state index is 11.8. The molecule has 5 nitrogen and oxygen atoms in total. The first-order valence-electron chi connectivity index (χ1n) is 6.03. The number of amides is 1. The van der Waals surface area contributed by atoms with Crippen LogP contribution in [0.2, 0.25) is 0 Å². The molecule has 0 spiro atoms. The lowest BCUT2D eigenvalue weighted by Crippen LogP contribution is -2.25. The van der Waals surface area contributed by atoms with Crippen molar-refractivity contribution in [2.24, 2.45) is 0 Å². The van der Waals surface area contributed by atoms with E-state index in [1.165, 1.54) is 0 Å². The van der Waals surface area contributed by atoms with Crippen LogP contribution in [0, 0.1) is 13.8 Å². The number of phenolic OH excluding ortho intramolecular Hbond substituents is 1. The van der Waals surface area contributed by atoms with Gasteiger partial charge in [0.1, 0.15) is 11.5 Å². The Labute approximate surface area is 111 Å². The predicted molar refractivity (Wildman–Crippen MR) is 69.6 cm³/mol. The summed E-state index contributed by atoms with van der Waals surface area (Å²) < 4.78 is 5.02. The van der Waals surface area contributed by atoms with Gasteiger partial charge >= 0.3 is 0 Å². The first-order valence-corrected chi connectivity index (χ1v) is 6.03. The molecular formula is C14H16N2O3. The van der Waals surface area contributed by atoms with E-state index >= 15 is 0 Å².